The number of anilines is 1. The van der Waals surface area contributed by atoms with Crippen molar-refractivity contribution in [3.8, 4) is 22.8 Å². The number of benzene rings is 3. The second-order valence-corrected chi connectivity index (χ2v) is 6.69. The topological polar surface area (TPSA) is 41.6 Å². The minimum atomic E-state index is 0.624. The van der Waals surface area contributed by atoms with Crippen LogP contribution in [0.15, 0.2) is 94.5 Å². The molecular formula is C24H21N3O. The maximum atomic E-state index is 5.90. The minimum Gasteiger partial charge on any atom is -0.436 e. The normalized spacial score (nSPS) is 11.1. The molecule has 0 amide bonds. The van der Waals surface area contributed by atoms with Crippen molar-refractivity contribution in [1.82, 2.24) is 4.98 Å². The lowest BCUT2D eigenvalue weighted by Crippen LogP contribution is -2.08. The standard InChI is InChI=1S/C24H21N3O/c1-27(2)22-14-8-18(9-15-22)16-25-21-12-10-19(11-13-21)23-17-26-24(28-23)20-6-4-3-5-7-20/h3-17H,1-2H3. The predicted octanol–water partition coefficient (Wildman–Crippen LogP) is 5.83. The molecule has 1 aromatic heterocycles. The molecule has 4 rings (SSSR count). The molecule has 0 radical (unpaired) electrons. The second-order valence-electron chi connectivity index (χ2n) is 6.69. The molecule has 4 nitrogen and oxygen atoms in total. The molecule has 0 spiro atoms. The first-order chi connectivity index (χ1) is 13.7. The third-order valence-electron chi connectivity index (χ3n) is 4.45. The first-order valence-electron chi connectivity index (χ1n) is 9.12. The predicted molar refractivity (Wildman–Crippen MR) is 115 cm³/mol. The van der Waals surface area contributed by atoms with Crippen LogP contribution in [0.3, 0.4) is 0 Å². The Kier molecular flexibility index (Phi) is 5.02. The van der Waals surface area contributed by atoms with Crippen molar-refractivity contribution < 1.29 is 4.42 Å². The summed E-state index contributed by atoms with van der Waals surface area (Å²) in [4.78, 5) is 11.0. The largest absolute Gasteiger partial charge is 0.436 e. The number of aliphatic imine (C=N–C) groups is 1. The summed E-state index contributed by atoms with van der Waals surface area (Å²) in [5.41, 5.74) is 5.07. The van der Waals surface area contributed by atoms with E-state index in [0.717, 1.165) is 28.1 Å². The van der Waals surface area contributed by atoms with Gasteiger partial charge in [0.25, 0.3) is 0 Å². The molecule has 1 heterocycles. The second kappa shape index (κ2) is 7.92. The fourth-order valence-corrected chi connectivity index (χ4v) is 2.84. The molecule has 0 unspecified atom stereocenters. The molecule has 4 aromatic rings. The lowest BCUT2D eigenvalue weighted by molar-refractivity contribution is 0.589. The average molecular weight is 367 g/mol. The molecular weight excluding hydrogens is 346 g/mol. The third-order valence-corrected chi connectivity index (χ3v) is 4.45. The molecule has 0 aliphatic heterocycles. The number of hydrogen-bond donors (Lipinski definition) is 0. The van der Waals surface area contributed by atoms with Crippen LogP contribution in [0.4, 0.5) is 11.4 Å². The van der Waals surface area contributed by atoms with Gasteiger partial charge in [0.15, 0.2) is 5.76 Å². The van der Waals surface area contributed by atoms with Crippen LogP contribution in [0.5, 0.6) is 0 Å². The van der Waals surface area contributed by atoms with E-state index >= 15 is 0 Å². The van der Waals surface area contributed by atoms with Crippen molar-refractivity contribution in [3.63, 3.8) is 0 Å². The number of aromatic nitrogens is 1. The Hall–Kier alpha value is -3.66. The molecule has 0 N–H and O–H groups in total. The zero-order chi connectivity index (χ0) is 19.3. The lowest BCUT2D eigenvalue weighted by Gasteiger charge is -2.11. The SMILES string of the molecule is CN(C)c1ccc(C=Nc2ccc(-c3cnc(-c4ccccc4)o3)cc2)cc1. The summed E-state index contributed by atoms with van der Waals surface area (Å²) in [5.74, 6) is 1.37. The first-order valence-corrected chi connectivity index (χ1v) is 9.12. The molecule has 0 saturated heterocycles. The van der Waals surface area contributed by atoms with Crippen molar-refractivity contribution in [2.75, 3.05) is 19.0 Å². The molecule has 0 saturated carbocycles. The first kappa shape index (κ1) is 17.7. The van der Waals surface area contributed by atoms with E-state index in [1.165, 1.54) is 5.69 Å². The van der Waals surface area contributed by atoms with Gasteiger partial charge in [-0.3, -0.25) is 4.99 Å². The van der Waals surface area contributed by atoms with E-state index in [4.69, 9.17) is 4.42 Å². The van der Waals surface area contributed by atoms with Crippen LogP contribution in [-0.2, 0) is 0 Å². The Bertz CT molecular complexity index is 1060. The molecule has 28 heavy (non-hydrogen) atoms. The number of hydrogen-bond acceptors (Lipinski definition) is 4. The van der Waals surface area contributed by atoms with Crippen LogP contribution in [0.2, 0.25) is 0 Å². The summed E-state index contributed by atoms with van der Waals surface area (Å²) >= 11 is 0. The van der Waals surface area contributed by atoms with Gasteiger partial charge >= 0.3 is 0 Å². The monoisotopic (exact) mass is 367 g/mol. The van der Waals surface area contributed by atoms with Crippen molar-refractivity contribution in [2.45, 2.75) is 0 Å². The molecule has 4 heteroatoms. The number of rotatable bonds is 5. The summed E-state index contributed by atoms with van der Waals surface area (Å²) in [6.07, 6.45) is 3.63. The quantitative estimate of drug-likeness (QED) is 0.417. The van der Waals surface area contributed by atoms with Crippen LogP contribution in [0.25, 0.3) is 22.8 Å². The molecule has 0 aliphatic rings. The van der Waals surface area contributed by atoms with Crippen molar-refractivity contribution in [3.05, 3.63) is 90.6 Å². The van der Waals surface area contributed by atoms with E-state index in [-0.39, 0.29) is 0 Å². The summed E-state index contributed by atoms with van der Waals surface area (Å²) in [6, 6.07) is 26.1. The van der Waals surface area contributed by atoms with E-state index in [2.05, 4.69) is 39.1 Å². The van der Waals surface area contributed by atoms with Gasteiger partial charge in [0.05, 0.1) is 11.9 Å². The van der Waals surface area contributed by atoms with Gasteiger partial charge in [-0.05, 0) is 54.1 Å². The zero-order valence-electron chi connectivity index (χ0n) is 15.9. The third kappa shape index (κ3) is 4.01. The van der Waals surface area contributed by atoms with E-state index in [1.54, 1.807) is 6.20 Å². The molecule has 0 fully saturated rings. The van der Waals surface area contributed by atoms with E-state index in [9.17, 15) is 0 Å². The van der Waals surface area contributed by atoms with Crippen LogP contribution in [0, 0.1) is 0 Å². The zero-order valence-corrected chi connectivity index (χ0v) is 15.9. The fraction of sp³-hybridized carbons (Fsp3) is 0.0833. The van der Waals surface area contributed by atoms with E-state index in [0.29, 0.717) is 5.89 Å². The molecule has 0 aliphatic carbocycles. The van der Waals surface area contributed by atoms with E-state index in [1.807, 2.05) is 74.9 Å². The highest BCUT2D eigenvalue weighted by Gasteiger charge is 2.08. The average Bonchev–Trinajstić information content (AvgIpc) is 3.24. The molecule has 3 aromatic carbocycles. The smallest absolute Gasteiger partial charge is 0.226 e. The maximum absolute atomic E-state index is 5.90. The Morgan fingerprint density at radius 2 is 1.54 bits per heavy atom. The van der Waals surface area contributed by atoms with Crippen molar-refractivity contribution in [1.29, 1.82) is 0 Å². The maximum Gasteiger partial charge on any atom is 0.226 e. The number of nitrogens with zero attached hydrogens (tertiary/aromatic N) is 3. The molecule has 0 atom stereocenters. The van der Waals surface area contributed by atoms with Crippen LogP contribution >= 0.6 is 0 Å². The number of oxazole rings is 1. The highest BCUT2D eigenvalue weighted by molar-refractivity contribution is 5.82. The lowest BCUT2D eigenvalue weighted by atomic mass is 10.1. The Balaban J connectivity index is 1.47. The van der Waals surface area contributed by atoms with Crippen LogP contribution in [-0.4, -0.2) is 25.3 Å². The van der Waals surface area contributed by atoms with Gasteiger partial charge in [0.1, 0.15) is 0 Å². The van der Waals surface area contributed by atoms with Gasteiger partial charge in [-0.15, -0.1) is 0 Å². The molecule has 138 valence electrons. The Morgan fingerprint density at radius 3 is 2.21 bits per heavy atom. The van der Waals surface area contributed by atoms with Gasteiger partial charge < -0.3 is 9.32 Å². The highest BCUT2D eigenvalue weighted by Crippen LogP contribution is 2.27. The summed E-state index contributed by atoms with van der Waals surface area (Å²) < 4.78 is 5.90. The summed E-state index contributed by atoms with van der Waals surface area (Å²) in [6.45, 7) is 0. The summed E-state index contributed by atoms with van der Waals surface area (Å²) in [7, 11) is 4.06. The van der Waals surface area contributed by atoms with Crippen LogP contribution < -0.4 is 4.90 Å². The van der Waals surface area contributed by atoms with Gasteiger partial charge in [-0.1, -0.05) is 30.3 Å². The van der Waals surface area contributed by atoms with Crippen LogP contribution in [0.1, 0.15) is 5.56 Å². The van der Waals surface area contributed by atoms with Gasteiger partial charge in [0, 0.05) is 37.1 Å². The van der Waals surface area contributed by atoms with Crippen molar-refractivity contribution >= 4 is 17.6 Å². The fourth-order valence-electron chi connectivity index (χ4n) is 2.84. The minimum absolute atomic E-state index is 0.624. The van der Waals surface area contributed by atoms with Gasteiger partial charge in [-0.2, -0.15) is 0 Å². The highest BCUT2D eigenvalue weighted by atomic mass is 16.4. The van der Waals surface area contributed by atoms with Gasteiger partial charge in [-0.25, -0.2) is 4.98 Å². The molecule has 0 bridgehead atoms. The van der Waals surface area contributed by atoms with Crippen molar-refractivity contribution in [2.24, 2.45) is 4.99 Å². The Morgan fingerprint density at radius 1 is 0.821 bits per heavy atom. The Labute approximate surface area is 164 Å². The summed E-state index contributed by atoms with van der Waals surface area (Å²) in [5, 5.41) is 0. The van der Waals surface area contributed by atoms with Gasteiger partial charge in [0.2, 0.25) is 5.89 Å². The van der Waals surface area contributed by atoms with E-state index < -0.39 is 0 Å².